The quantitative estimate of drug-likeness (QED) is 0.571. The molecular weight excluding hydrogens is 443 g/mol. The van der Waals surface area contributed by atoms with Crippen molar-refractivity contribution in [2.45, 2.75) is 38.3 Å². The molecule has 0 bridgehead atoms. The van der Waals surface area contributed by atoms with Gasteiger partial charge < -0.3 is 14.8 Å². The standard InChI is InChI=1S/C20H16F3N7O3/c1-11(18-27-10-28-30(18)17-6-13(8-24)25-9-26-17)29-19(31)12-4-15(32-14-2-3-14)7-16(5-12)33-20(21,22)23/h4-7,9-11,14H,2-3H2,1H3,(H,29,31)/t11-/m0/s1. The molecule has 3 aromatic rings. The van der Waals surface area contributed by atoms with Crippen molar-refractivity contribution < 1.29 is 27.4 Å². The van der Waals surface area contributed by atoms with Crippen molar-refractivity contribution in [3.63, 3.8) is 0 Å². The fourth-order valence-corrected chi connectivity index (χ4v) is 2.93. The van der Waals surface area contributed by atoms with Crippen LogP contribution in [0.1, 0.15) is 47.7 Å². The van der Waals surface area contributed by atoms with Gasteiger partial charge in [0.15, 0.2) is 11.6 Å². The second-order valence-electron chi connectivity index (χ2n) is 7.16. The first-order valence-electron chi connectivity index (χ1n) is 9.72. The smallest absolute Gasteiger partial charge is 0.490 e. The SMILES string of the molecule is C[C@H](NC(=O)c1cc(OC2CC2)cc(OC(F)(F)F)c1)c1ncnn1-c1cc(C#N)ncn1. The molecule has 0 unspecified atom stereocenters. The highest BCUT2D eigenvalue weighted by molar-refractivity contribution is 5.95. The number of nitriles is 1. The van der Waals surface area contributed by atoms with Gasteiger partial charge in [0, 0.05) is 17.7 Å². The third kappa shape index (κ3) is 5.53. The molecular formula is C20H16F3N7O3. The summed E-state index contributed by atoms with van der Waals surface area (Å²) in [5.41, 5.74) is 0.0296. The third-order valence-corrected chi connectivity index (χ3v) is 4.50. The first-order chi connectivity index (χ1) is 15.7. The van der Waals surface area contributed by atoms with Gasteiger partial charge in [0.1, 0.15) is 35.9 Å². The lowest BCUT2D eigenvalue weighted by Gasteiger charge is -2.16. The van der Waals surface area contributed by atoms with E-state index in [1.807, 2.05) is 6.07 Å². The van der Waals surface area contributed by atoms with Gasteiger partial charge in [-0.25, -0.2) is 15.0 Å². The maximum atomic E-state index is 12.8. The summed E-state index contributed by atoms with van der Waals surface area (Å²) in [4.78, 5) is 24.8. The Morgan fingerprint density at radius 2 is 1.94 bits per heavy atom. The molecule has 0 saturated heterocycles. The van der Waals surface area contributed by atoms with E-state index < -0.39 is 24.1 Å². The molecule has 1 aromatic carbocycles. The number of halogens is 3. The molecule has 1 aliphatic carbocycles. The highest BCUT2D eigenvalue weighted by Crippen LogP contribution is 2.32. The van der Waals surface area contributed by atoms with Crippen LogP contribution in [-0.2, 0) is 0 Å². The summed E-state index contributed by atoms with van der Waals surface area (Å²) < 4.78 is 49.0. The zero-order valence-corrected chi connectivity index (χ0v) is 17.1. The molecule has 1 N–H and O–H groups in total. The van der Waals surface area contributed by atoms with E-state index in [9.17, 15) is 18.0 Å². The van der Waals surface area contributed by atoms with Crippen LogP contribution in [-0.4, -0.2) is 43.1 Å². The largest absolute Gasteiger partial charge is 0.573 e. The average molecular weight is 459 g/mol. The second-order valence-corrected chi connectivity index (χ2v) is 7.16. The van der Waals surface area contributed by atoms with Crippen LogP contribution in [0.4, 0.5) is 13.2 Å². The molecule has 1 fully saturated rings. The van der Waals surface area contributed by atoms with E-state index >= 15 is 0 Å². The van der Waals surface area contributed by atoms with E-state index in [0.717, 1.165) is 25.0 Å². The Labute approximate surface area is 185 Å². The number of carbonyl (C=O) groups excluding carboxylic acids is 1. The summed E-state index contributed by atoms with van der Waals surface area (Å²) in [5, 5.41) is 15.7. The number of nitrogens with one attached hydrogen (secondary N) is 1. The predicted molar refractivity (Wildman–Crippen MR) is 104 cm³/mol. The number of hydrogen-bond acceptors (Lipinski definition) is 8. The van der Waals surface area contributed by atoms with Crippen LogP contribution in [0.2, 0.25) is 0 Å². The zero-order valence-electron chi connectivity index (χ0n) is 17.1. The predicted octanol–water partition coefficient (Wildman–Crippen LogP) is 2.86. The molecule has 2 heterocycles. The molecule has 10 nitrogen and oxygen atoms in total. The first kappa shape index (κ1) is 22.0. The van der Waals surface area contributed by atoms with Gasteiger partial charge >= 0.3 is 6.36 Å². The van der Waals surface area contributed by atoms with Crippen molar-refractivity contribution >= 4 is 5.91 Å². The molecule has 13 heteroatoms. The van der Waals surface area contributed by atoms with E-state index in [2.05, 4.69) is 30.1 Å². The lowest BCUT2D eigenvalue weighted by molar-refractivity contribution is -0.274. The van der Waals surface area contributed by atoms with Crippen LogP contribution in [0.3, 0.4) is 0 Å². The normalized spacial score (nSPS) is 14.3. The molecule has 170 valence electrons. The van der Waals surface area contributed by atoms with Crippen molar-refractivity contribution in [3.05, 3.63) is 54.0 Å². The number of hydrogen-bond donors (Lipinski definition) is 1. The number of benzene rings is 1. The van der Waals surface area contributed by atoms with Crippen LogP contribution in [0.15, 0.2) is 36.9 Å². The van der Waals surface area contributed by atoms with Crippen LogP contribution in [0.25, 0.3) is 5.82 Å². The molecule has 0 spiro atoms. The number of aromatic nitrogens is 5. The van der Waals surface area contributed by atoms with Gasteiger partial charge in [-0.05, 0) is 31.9 Å². The number of nitrogens with zero attached hydrogens (tertiary/aromatic N) is 6. The highest BCUT2D eigenvalue weighted by atomic mass is 19.4. The van der Waals surface area contributed by atoms with Gasteiger partial charge in [0.25, 0.3) is 5.91 Å². The van der Waals surface area contributed by atoms with Crippen molar-refractivity contribution in [1.29, 1.82) is 5.26 Å². The Hall–Kier alpha value is -4.21. The fourth-order valence-electron chi connectivity index (χ4n) is 2.93. The van der Waals surface area contributed by atoms with Gasteiger partial charge in [0.2, 0.25) is 0 Å². The second kappa shape index (κ2) is 8.73. The molecule has 0 radical (unpaired) electrons. The summed E-state index contributed by atoms with van der Waals surface area (Å²) in [6.07, 6.45) is -1.01. The van der Waals surface area contributed by atoms with E-state index in [1.54, 1.807) is 6.92 Å². The lowest BCUT2D eigenvalue weighted by Crippen LogP contribution is -2.29. The molecule has 4 rings (SSSR count). The topological polar surface area (TPSA) is 128 Å². The molecule has 1 saturated carbocycles. The number of ether oxygens (including phenoxy) is 2. The maximum absolute atomic E-state index is 12.8. The van der Waals surface area contributed by atoms with Gasteiger partial charge in [0.05, 0.1) is 12.1 Å². The molecule has 0 aliphatic heterocycles. The Morgan fingerprint density at radius 3 is 2.64 bits per heavy atom. The van der Waals surface area contributed by atoms with Gasteiger partial charge in [-0.3, -0.25) is 4.79 Å². The van der Waals surface area contributed by atoms with Crippen LogP contribution < -0.4 is 14.8 Å². The summed E-state index contributed by atoms with van der Waals surface area (Å²) in [5.74, 6) is -0.596. The molecule has 1 amide bonds. The Balaban J connectivity index is 1.56. The van der Waals surface area contributed by atoms with Crippen molar-refractivity contribution in [1.82, 2.24) is 30.0 Å². The molecule has 1 aliphatic rings. The van der Waals surface area contributed by atoms with E-state index in [0.29, 0.717) is 0 Å². The summed E-state index contributed by atoms with van der Waals surface area (Å²) in [6, 6.07) is 5.97. The lowest BCUT2D eigenvalue weighted by atomic mass is 10.1. The van der Waals surface area contributed by atoms with Gasteiger partial charge in [-0.15, -0.1) is 13.2 Å². The summed E-state index contributed by atoms with van der Waals surface area (Å²) in [6.45, 7) is 1.61. The van der Waals surface area contributed by atoms with Gasteiger partial charge in [-0.1, -0.05) is 0 Å². The Morgan fingerprint density at radius 1 is 1.18 bits per heavy atom. The minimum atomic E-state index is -4.92. The summed E-state index contributed by atoms with van der Waals surface area (Å²) >= 11 is 0. The summed E-state index contributed by atoms with van der Waals surface area (Å²) in [7, 11) is 0. The van der Waals surface area contributed by atoms with E-state index in [4.69, 9.17) is 10.00 Å². The van der Waals surface area contributed by atoms with Crippen molar-refractivity contribution in [2.75, 3.05) is 0 Å². The average Bonchev–Trinajstić information content (AvgIpc) is 3.43. The maximum Gasteiger partial charge on any atom is 0.573 e. The van der Waals surface area contributed by atoms with Crippen LogP contribution in [0, 0.1) is 11.3 Å². The highest BCUT2D eigenvalue weighted by Gasteiger charge is 2.32. The van der Waals surface area contributed by atoms with Crippen LogP contribution >= 0.6 is 0 Å². The minimum Gasteiger partial charge on any atom is -0.490 e. The number of rotatable bonds is 7. The molecule has 33 heavy (non-hydrogen) atoms. The Bertz CT molecular complexity index is 1220. The van der Waals surface area contributed by atoms with E-state index in [1.165, 1.54) is 29.5 Å². The number of alkyl halides is 3. The molecule has 1 atom stereocenters. The van der Waals surface area contributed by atoms with Crippen molar-refractivity contribution in [3.8, 4) is 23.4 Å². The van der Waals surface area contributed by atoms with Gasteiger partial charge in [-0.2, -0.15) is 15.0 Å². The number of amides is 1. The van der Waals surface area contributed by atoms with E-state index in [-0.39, 0.29) is 34.8 Å². The molecule has 2 aromatic heterocycles. The fraction of sp³-hybridized carbons (Fsp3) is 0.300. The van der Waals surface area contributed by atoms with Crippen molar-refractivity contribution in [2.24, 2.45) is 0 Å². The monoisotopic (exact) mass is 459 g/mol. The van der Waals surface area contributed by atoms with Crippen LogP contribution in [0.5, 0.6) is 11.5 Å². The number of carbonyl (C=O) groups is 1. The minimum absolute atomic E-state index is 0.0841. The first-order valence-corrected chi connectivity index (χ1v) is 9.72. The Kier molecular flexibility index (Phi) is 5.82. The third-order valence-electron chi connectivity index (χ3n) is 4.50. The zero-order chi connectivity index (χ0) is 23.6.